The maximum absolute atomic E-state index is 11.4. The first kappa shape index (κ1) is 13.9. The Morgan fingerprint density at radius 2 is 1.80 bits per heavy atom. The van der Waals surface area contributed by atoms with Gasteiger partial charge < -0.3 is 16.0 Å². The third kappa shape index (κ3) is 6.90. The quantitative estimate of drug-likeness (QED) is 0.558. The lowest BCUT2D eigenvalue weighted by Gasteiger charge is -2.14. The smallest absolute Gasteiger partial charge is 0.242 e. The van der Waals surface area contributed by atoms with Gasteiger partial charge in [-0.3, -0.25) is 9.59 Å². The molecule has 0 aromatic heterocycles. The third-order valence-corrected chi connectivity index (χ3v) is 1.79. The first-order chi connectivity index (χ1) is 6.97. The minimum absolute atomic E-state index is 0.145. The number of likely N-dealkylation sites (N-methyl/N-ethyl adjacent to an activating group) is 1. The second kappa shape index (κ2) is 7.23. The normalized spacial score (nSPS) is 12.3. The standard InChI is InChI=1S/C10H21N3O2/c1-7(2)5-12-10(15)8(3)13-9(14)6-11-4/h7-8,11H,5-6H2,1-4H3,(H,12,15)(H,13,14). The van der Waals surface area contributed by atoms with E-state index in [9.17, 15) is 9.59 Å². The van der Waals surface area contributed by atoms with Crippen molar-refractivity contribution in [3.8, 4) is 0 Å². The van der Waals surface area contributed by atoms with Crippen LogP contribution in [0.1, 0.15) is 20.8 Å². The number of amides is 2. The molecular formula is C10H21N3O2. The zero-order chi connectivity index (χ0) is 11.8. The lowest BCUT2D eigenvalue weighted by molar-refractivity contribution is -0.128. The van der Waals surface area contributed by atoms with Crippen molar-refractivity contribution in [1.82, 2.24) is 16.0 Å². The molecule has 0 aliphatic rings. The van der Waals surface area contributed by atoms with E-state index in [0.29, 0.717) is 12.5 Å². The average molecular weight is 215 g/mol. The van der Waals surface area contributed by atoms with Gasteiger partial charge in [-0.25, -0.2) is 0 Å². The Morgan fingerprint density at radius 3 is 2.27 bits per heavy atom. The number of carbonyl (C=O) groups is 2. The first-order valence-corrected chi connectivity index (χ1v) is 5.19. The zero-order valence-electron chi connectivity index (χ0n) is 9.89. The third-order valence-electron chi connectivity index (χ3n) is 1.79. The molecule has 2 amide bonds. The number of nitrogens with one attached hydrogen (secondary N) is 3. The van der Waals surface area contributed by atoms with Crippen molar-refractivity contribution >= 4 is 11.8 Å². The first-order valence-electron chi connectivity index (χ1n) is 5.19. The molecule has 0 aliphatic carbocycles. The largest absolute Gasteiger partial charge is 0.354 e. The Bertz CT molecular complexity index is 217. The summed E-state index contributed by atoms with van der Waals surface area (Å²) in [7, 11) is 1.68. The number of carbonyl (C=O) groups excluding carboxylic acids is 2. The fraction of sp³-hybridized carbons (Fsp3) is 0.800. The van der Waals surface area contributed by atoms with Crippen molar-refractivity contribution in [1.29, 1.82) is 0 Å². The highest BCUT2D eigenvalue weighted by Gasteiger charge is 2.14. The van der Waals surface area contributed by atoms with Crippen LogP contribution in [0.15, 0.2) is 0 Å². The van der Waals surface area contributed by atoms with Gasteiger partial charge >= 0.3 is 0 Å². The minimum Gasteiger partial charge on any atom is -0.354 e. The molecule has 0 saturated heterocycles. The molecule has 0 fully saturated rings. The van der Waals surface area contributed by atoms with E-state index in [1.807, 2.05) is 13.8 Å². The van der Waals surface area contributed by atoms with Crippen molar-refractivity contribution in [2.24, 2.45) is 5.92 Å². The highest BCUT2D eigenvalue weighted by molar-refractivity contribution is 5.87. The molecule has 0 aromatic carbocycles. The van der Waals surface area contributed by atoms with E-state index in [1.54, 1.807) is 14.0 Å². The van der Waals surface area contributed by atoms with Crippen LogP contribution in [0, 0.1) is 5.92 Å². The topological polar surface area (TPSA) is 70.2 Å². The molecule has 0 saturated carbocycles. The summed E-state index contributed by atoms with van der Waals surface area (Å²) in [4.78, 5) is 22.6. The number of hydrogen-bond donors (Lipinski definition) is 3. The van der Waals surface area contributed by atoms with Gasteiger partial charge in [0.1, 0.15) is 6.04 Å². The summed E-state index contributed by atoms with van der Waals surface area (Å²) in [5, 5.41) is 8.06. The van der Waals surface area contributed by atoms with Gasteiger partial charge in [0.15, 0.2) is 0 Å². The predicted molar refractivity (Wildman–Crippen MR) is 59.4 cm³/mol. The van der Waals surface area contributed by atoms with Crippen LogP contribution in [0.2, 0.25) is 0 Å². The van der Waals surface area contributed by atoms with Crippen LogP contribution < -0.4 is 16.0 Å². The molecule has 5 heteroatoms. The van der Waals surface area contributed by atoms with Crippen LogP contribution in [0.5, 0.6) is 0 Å². The summed E-state index contributed by atoms with van der Waals surface area (Å²) < 4.78 is 0. The molecule has 0 heterocycles. The Hall–Kier alpha value is -1.10. The molecule has 0 rings (SSSR count). The fourth-order valence-corrected chi connectivity index (χ4v) is 0.976. The van der Waals surface area contributed by atoms with E-state index in [0.717, 1.165) is 0 Å². The fourth-order valence-electron chi connectivity index (χ4n) is 0.976. The van der Waals surface area contributed by atoms with Crippen molar-refractivity contribution in [2.45, 2.75) is 26.8 Å². The highest BCUT2D eigenvalue weighted by Crippen LogP contribution is 1.89. The molecular weight excluding hydrogens is 194 g/mol. The summed E-state index contributed by atoms with van der Waals surface area (Å²) in [6.07, 6.45) is 0. The van der Waals surface area contributed by atoms with Gasteiger partial charge in [0.2, 0.25) is 11.8 Å². The van der Waals surface area contributed by atoms with Crippen molar-refractivity contribution in [3.05, 3.63) is 0 Å². The molecule has 88 valence electrons. The maximum Gasteiger partial charge on any atom is 0.242 e. The Labute approximate surface area is 91.0 Å². The predicted octanol–water partition coefficient (Wildman–Crippen LogP) is -0.517. The molecule has 1 atom stereocenters. The minimum atomic E-state index is -0.482. The molecule has 0 spiro atoms. The second-order valence-electron chi connectivity index (χ2n) is 3.96. The van der Waals surface area contributed by atoms with E-state index in [4.69, 9.17) is 0 Å². The average Bonchev–Trinajstić information content (AvgIpc) is 2.14. The molecule has 3 N–H and O–H groups in total. The Balaban J connectivity index is 3.83. The van der Waals surface area contributed by atoms with Crippen LogP contribution in [-0.2, 0) is 9.59 Å². The molecule has 5 nitrogen and oxygen atoms in total. The molecule has 1 unspecified atom stereocenters. The number of rotatable bonds is 6. The van der Waals surface area contributed by atoms with Crippen molar-refractivity contribution < 1.29 is 9.59 Å². The monoisotopic (exact) mass is 215 g/mol. The summed E-state index contributed by atoms with van der Waals surface area (Å²) in [5.74, 6) is 0.0898. The zero-order valence-corrected chi connectivity index (χ0v) is 9.89. The van der Waals surface area contributed by atoms with E-state index < -0.39 is 6.04 Å². The molecule has 0 radical (unpaired) electrons. The lowest BCUT2D eigenvalue weighted by atomic mass is 10.2. The molecule has 0 aromatic rings. The maximum atomic E-state index is 11.4. The van der Waals surface area contributed by atoms with Crippen LogP contribution in [-0.4, -0.2) is 38.0 Å². The lowest BCUT2D eigenvalue weighted by Crippen LogP contribution is -2.47. The second-order valence-corrected chi connectivity index (χ2v) is 3.96. The van der Waals surface area contributed by atoms with Gasteiger partial charge in [-0.15, -0.1) is 0 Å². The van der Waals surface area contributed by atoms with Crippen LogP contribution in [0.25, 0.3) is 0 Å². The van der Waals surface area contributed by atoms with Crippen molar-refractivity contribution in [2.75, 3.05) is 20.1 Å². The van der Waals surface area contributed by atoms with Gasteiger partial charge in [0.25, 0.3) is 0 Å². The van der Waals surface area contributed by atoms with Gasteiger partial charge in [0.05, 0.1) is 6.54 Å². The van der Waals surface area contributed by atoms with Crippen molar-refractivity contribution in [3.63, 3.8) is 0 Å². The van der Waals surface area contributed by atoms with Gasteiger partial charge in [-0.1, -0.05) is 13.8 Å². The van der Waals surface area contributed by atoms with Gasteiger partial charge in [0, 0.05) is 6.54 Å². The van der Waals surface area contributed by atoms with E-state index in [-0.39, 0.29) is 18.4 Å². The van der Waals surface area contributed by atoms with Gasteiger partial charge in [-0.05, 0) is 19.9 Å². The molecule has 0 bridgehead atoms. The SMILES string of the molecule is CNCC(=O)NC(C)C(=O)NCC(C)C. The van der Waals surface area contributed by atoms with Gasteiger partial charge in [-0.2, -0.15) is 0 Å². The molecule has 0 aliphatic heterocycles. The van der Waals surface area contributed by atoms with E-state index in [1.165, 1.54) is 0 Å². The highest BCUT2D eigenvalue weighted by atomic mass is 16.2. The Kier molecular flexibility index (Phi) is 6.70. The van der Waals surface area contributed by atoms with Crippen LogP contribution in [0.3, 0.4) is 0 Å². The Morgan fingerprint density at radius 1 is 1.20 bits per heavy atom. The summed E-state index contributed by atoms with van der Waals surface area (Å²) in [5.41, 5.74) is 0. The summed E-state index contributed by atoms with van der Waals surface area (Å²) in [6.45, 7) is 6.56. The number of hydrogen-bond acceptors (Lipinski definition) is 3. The summed E-state index contributed by atoms with van der Waals surface area (Å²) >= 11 is 0. The van der Waals surface area contributed by atoms with E-state index >= 15 is 0 Å². The van der Waals surface area contributed by atoms with Crippen LogP contribution in [0.4, 0.5) is 0 Å². The molecule has 15 heavy (non-hydrogen) atoms. The van der Waals surface area contributed by atoms with E-state index in [2.05, 4.69) is 16.0 Å². The van der Waals surface area contributed by atoms with Crippen LogP contribution >= 0.6 is 0 Å². The summed E-state index contributed by atoms with van der Waals surface area (Å²) in [6, 6.07) is -0.482.